The third-order valence-corrected chi connectivity index (χ3v) is 9.56. The van der Waals surface area contributed by atoms with Gasteiger partial charge in [-0.2, -0.15) is 0 Å². The first-order valence-electron chi connectivity index (χ1n) is 14.8. The standard InChI is InChI=1S/C35H37N3O5S/c1-6-35(18-9-8-10-19-35)37-33(39)26-13-11-12-25(20-26)27-21-28-30(22-29(27)38(7-2)44(5,41)42)43-32(31(28)34(40)36-4)24-16-14-23(3)15-17-24/h1,11-17,20-22H,7-10,18-19H2,2-5H3,(H,36,40)(H,37,39). The summed E-state index contributed by atoms with van der Waals surface area (Å²) in [6.07, 6.45) is 11.5. The molecule has 9 heteroatoms. The van der Waals surface area contributed by atoms with E-state index in [1.165, 1.54) is 4.31 Å². The summed E-state index contributed by atoms with van der Waals surface area (Å²) >= 11 is 0. The van der Waals surface area contributed by atoms with E-state index >= 15 is 0 Å². The van der Waals surface area contributed by atoms with Crippen molar-refractivity contribution in [1.82, 2.24) is 10.6 Å². The van der Waals surface area contributed by atoms with Gasteiger partial charge in [0.1, 0.15) is 16.9 Å². The first-order valence-corrected chi connectivity index (χ1v) is 16.6. The lowest BCUT2D eigenvalue weighted by molar-refractivity contribution is 0.0902. The smallest absolute Gasteiger partial charge is 0.255 e. The second kappa shape index (κ2) is 12.2. The summed E-state index contributed by atoms with van der Waals surface area (Å²) in [6, 6.07) is 18.1. The molecule has 2 N–H and O–H groups in total. The number of rotatable bonds is 8. The van der Waals surface area contributed by atoms with Crippen molar-refractivity contribution in [3.05, 3.63) is 77.4 Å². The Morgan fingerprint density at radius 1 is 1.00 bits per heavy atom. The Kier molecular flexibility index (Phi) is 8.57. The molecule has 3 aromatic carbocycles. The van der Waals surface area contributed by atoms with Gasteiger partial charge in [0.15, 0.2) is 0 Å². The van der Waals surface area contributed by atoms with Crippen LogP contribution in [0.25, 0.3) is 33.4 Å². The van der Waals surface area contributed by atoms with Gasteiger partial charge in [0, 0.05) is 41.7 Å². The zero-order valence-electron chi connectivity index (χ0n) is 25.5. The van der Waals surface area contributed by atoms with E-state index in [1.807, 2.05) is 37.3 Å². The van der Waals surface area contributed by atoms with Crippen molar-refractivity contribution in [2.75, 3.05) is 24.2 Å². The van der Waals surface area contributed by atoms with Crippen LogP contribution < -0.4 is 14.9 Å². The van der Waals surface area contributed by atoms with Gasteiger partial charge in [-0.3, -0.25) is 13.9 Å². The molecule has 44 heavy (non-hydrogen) atoms. The monoisotopic (exact) mass is 611 g/mol. The second-order valence-corrected chi connectivity index (χ2v) is 13.3. The summed E-state index contributed by atoms with van der Waals surface area (Å²) in [5.74, 6) is 2.57. The van der Waals surface area contributed by atoms with Gasteiger partial charge in [-0.25, -0.2) is 8.42 Å². The minimum atomic E-state index is -3.69. The van der Waals surface area contributed by atoms with E-state index < -0.39 is 15.6 Å². The summed E-state index contributed by atoms with van der Waals surface area (Å²) in [7, 11) is -2.14. The Labute approximate surface area is 258 Å². The molecule has 5 rings (SSSR count). The fourth-order valence-electron chi connectivity index (χ4n) is 5.99. The highest BCUT2D eigenvalue weighted by molar-refractivity contribution is 7.92. The maximum atomic E-state index is 13.5. The molecular weight excluding hydrogens is 574 g/mol. The van der Waals surface area contributed by atoms with Gasteiger partial charge < -0.3 is 15.1 Å². The van der Waals surface area contributed by atoms with Crippen LogP contribution in [-0.2, 0) is 10.0 Å². The Bertz CT molecular complexity index is 1880. The van der Waals surface area contributed by atoms with Gasteiger partial charge in [-0.05, 0) is 50.5 Å². The number of amides is 2. The Morgan fingerprint density at radius 2 is 1.70 bits per heavy atom. The number of nitrogens with zero attached hydrogens (tertiary/aromatic N) is 1. The Hall–Kier alpha value is -4.55. The fraction of sp³-hybridized carbons (Fsp3) is 0.314. The van der Waals surface area contributed by atoms with Crippen LogP contribution in [0.15, 0.2) is 65.1 Å². The van der Waals surface area contributed by atoms with Crippen LogP contribution in [0.5, 0.6) is 0 Å². The number of hydrogen-bond acceptors (Lipinski definition) is 5. The van der Waals surface area contributed by atoms with Crippen molar-refractivity contribution in [3.8, 4) is 34.8 Å². The van der Waals surface area contributed by atoms with Crippen LogP contribution in [0.3, 0.4) is 0 Å². The Balaban J connectivity index is 1.71. The topological polar surface area (TPSA) is 109 Å². The van der Waals surface area contributed by atoms with Crippen LogP contribution in [0.2, 0.25) is 0 Å². The maximum Gasteiger partial charge on any atom is 0.255 e. The van der Waals surface area contributed by atoms with Crippen LogP contribution in [0, 0.1) is 19.3 Å². The molecule has 0 spiro atoms. The lowest BCUT2D eigenvalue weighted by Gasteiger charge is -2.33. The molecular formula is C35H37N3O5S. The van der Waals surface area contributed by atoms with Crippen molar-refractivity contribution in [3.63, 3.8) is 0 Å². The molecule has 0 bridgehead atoms. The third kappa shape index (κ3) is 5.95. The minimum Gasteiger partial charge on any atom is -0.455 e. The van der Waals surface area contributed by atoms with Crippen molar-refractivity contribution in [2.24, 2.45) is 0 Å². The van der Waals surface area contributed by atoms with Gasteiger partial charge in [-0.15, -0.1) is 6.42 Å². The largest absolute Gasteiger partial charge is 0.455 e. The zero-order valence-corrected chi connectivity index (χ0v) is 26.3. The van der Waals surface area contributed by atoms with Gasteiger partial charge in [0.2, 0.25) is 10.0 Å². The molecule has 228 valence electrons. The van der Waals surface area contributed by atoms with E-state index in [4.69, 9.17) is 10.8 Å². The number of sulfonamides is 1. The molecule has 1 heterocycles. The van der Waals surface area contributed by atoms with Gasteiger partial charge in [-0.1, -0.05) is 67.1 Å². The SMILES string of the molecule is C#CC1(NC(=O)c2cccc(-c3cc4c(C(=O)NC)c(-c5ccc(C)cc5)oc4cc3N(CC)S(C)(=O)=O)c2)CCCCC1. The molecule has 0 unspecified atom stereocenters. The highest BCUT2D eigenvalue weighted by Crippen LogP contribution is 2.42. The van der Waals surface area contributed by atoms with Crippen LogP contribution >= 0.6 is 0 Å². The molecule has 1 aliphatic carbocycles. The van der Waals surface area contributed by atoms with Crippen molar-refractivity contribution in [2.45, 2.75) is 51.5 Å². The first kappa shape index (κ1) is 30.9. The van der Waals surface area contributed by atoms with E-state index in [0.29, 0.717) is 50.2 Å². The molecule has 1 fully saturated rings. The third-order valence-electron chi connectivity index (χ3n) is 8.30. The lowest BCUT2D eigenvalue weighted by Crippen LogP contribution is -2.48. The van der Waals surface area contributed by atoms with E-state index in [1.54, 1.807) is 44.3 Å². The predicted octanol–water partition coefficient (Wildman–Crippen LogP) is 6.29. The van der Waals surface area contributed by atoms with E-state index in [9.17, 15) is 18.0 Å². The predicted molar refractivity (Wildman–Crippen MR) is 175 cm³/mol. The number of aryl methyl sites for hydroxylation is 1. The highest BCUT2D eigenvalue weighted by atomic mass is 32.2. The molecule has 8 nitrogen and oxygen atoms in total. The highest BCUT2D eigenvalue weighted by Gasteiger charge is 2.32. The number of furan rings is 1. The Morgan fingerprint density at radius 3 is 2.32 bits per heavy atom. The number of fused-ring (bicyclic) bond motifs is 1. The minimum absolute atomic E-state index is 0.163. The van der Waals surface area contributed by atoms with E-state index in [0.717, 1.165) is 43.9 Å². The average molecular weight is 612 g/mol. The molecule has 0 atom stereocenters. The summed E-state index contributed by atoms with van der Waals surface area (Å²) in [5.41, 5.74) is 3.70. The number of benzene rings is 3. The molecule has 4 aromatic rings. The van der Waals surface area contributed by atoms with Crippen LogP contribution in [0.1, 0.15) is 65.3 Å². The summed E-state index contributed by atoms with van der Waals surface area (Å²) in [5, 5.41) is 6.32. The molecule has 0 saturated heterocycles. The number of terminal acetylenes is 1. The van der Waals surface area contributed by atoms with Crippen molar-refractivity contribution < 1.29 is 22.4 Å². The second-order valence-electron chi connectivity index (χ2n) is 11.4. The molecule has 1 saturated carbocycles. The van der Waals surface area contributed by atoms with E-state index in [-0.39, 0.29) is 18.4 Å². The number of hydrogen-bond donors (Lipinski definition) is 2. The first-order chi connectivity index (χ1) is 21.0. The van der Waals surface area contributed by atoms with Crippen LogP contribution in [-0.4, -0.2) is 45.6 Å². The summed E-state index contributed by atoms with van der Waals surface area (Å²) in [6.45, 7) is 3.88. The number of carbonyl (C=O) groups is 2. The van der Waals surface area contributed by atoms with Gasteiger partial charge >= 0.3 is 0 Å². The number of carbonyl (C=O) groups excluding carboxylic acids is 2. The molecule has 1 aromatic heterocycles. The zero-order chi connectivity index (χ0) is 31.6. The van der Waals surface area contributed by atoms with E-state index in [2.05, 4.69) is 16.6 Å². The number of nitrogens with one attached hydrogen (secondary N) is 2. The molecule has 1 aliphatic rings. The van der Waals surface area contributed by atoms with Gasteiger partial charge in [0.25, 0.3) is 11.8 Å². The number of anilines is 1. The quantitative estimate of drug-likeness (QED) is 0.228. The normalized spacial score (nSPS) is 14.5. The van der Waals surface area contributed by atoms with Gasteiger partial charge in [0.05, 0.1) is 17.5 Å². The maximum absolute atomic E-state index is 13.5. The molecule has 0 radical (unpaired) electrons. The van der Waals surface area contributed by atoms with Crippen LogP contribution in [0.4, 0.5) is 5.69 Å². The summed E-state index contributed by atoms with van der Waals surface area (Å²) < 4.78 is 33.5. The molecule has 0 aliphatic heterocycles. The summed E-state index contributed by atoms with van der Waals surface area (Å²) in [4.78, 5) is 26.8. The van der Waals surface area contributed by atoms with Crippen molar-refractivity contribution in [1.29, 1.82) is 0 Å². The average Bonchev–Trinajstić information content (AvgIpc) is 3.39. The van der Waals surface area contributed by atoms with Crippen molar-refractivity contribution >= 4 is 38.5 Å². The fourth-order valence-corrected chi connectivity index (χ4v) is 6.97. The lowest BCUT2D eigenvalue weighted by atomic mass is 9.82. The molecule has 2 amide bonds.